The molecule has 8 nitrogen and oxygen atoms in total. The van der Waals surface area contributed by atoms with Crippen LogP contribution in [0.1, 0.15) is 26.3 Å². The van der Waals surface area contributed by atoms with E-state index in [0.29, 0.717) is 10.0 Å². The molecule has 3 rings (SSSR count). The molecule has 0 fully saturated rings. The lowest BCUT2D eigenvalue weighted by Gasteiger charge is -2.09. The van der Waals surface area contributed by atoms with Gasteiger partial charge in [0.05, 0.1) is 21.7 Å². The molecule has 0 atom stereocenters. The number of halogens is 2. The van der Waals surface area contributed by atoms with Gasteiger partial charge >= 0.3 is 5.97 Å². The summed E-state index contributed by atoms with van der Waals surface area (Å²) in [5.74, 6) is -0.991. The number of ether oxygens (including phenoxy) is 1. The standard InChI is InChI=1S/C21H13BrClN3O5/c22-15-7-10-19(31-21(28)17-3-1-2-4-18(17)23)14(11-15)12-24-25-20(27)13-5-8-16(9-6-13)26(29)30/h1-12H,(H,25,27)/b24-12+. The van der Waals surface area contributed by atoms with Crippen LogP contribution in [0.4, 0.5) is 5.69 Å². The minimum Gasteiger partial charge on any atom is -0.422 e. The number of hydrogen-bond acceptors (Lipinski definition) is 6. The maximum atomic E-state index is 12.4. The molecule has 0 spiro atoms. The SMILES string of the molecule is O=C(N/N=C/c1cc(Br)ccc1OC(=O)c1ccccc1Cl)c1ccc([N+](=O)[O-])cc1. The summed E-state index contributed by atoms with van der Waals surface area (Å²) in [6, 6.07) is 16.5. The summed E-state index contributed by atoms with van der Waals surface area (Å²) < 4.78 is 6.14. The largest absolute Gasteiger partial charge is 0.422 e. The number of hydrazone groups is 1. The van der Waals surface area contributed by atoms with Crippen molar-refractivity contribution in [3.8, 4) is 5.75 Å². The quantitative estimate of drug-likeness (QED) is 0.168. The maximum absolute atomic E-state index is 12.4. The molecule has 156 valence electrons. The summed E-state index contributed by atoms with van der Waals surface area (Å²) in [7, 11) is 0. The van der Waals surface area contributed by atoms with E-state index in [-0.39, 0.29) is 27.6 Å². The highest BCUT2D eigenvalue weighted by Crippen LogP contribution is 2.24. The number of carbonyl (C=O) groups excluding carboxylic acids is 2. The number of amides is 1. The van der Waals surface area contributed by atoms with Crippen LogP contribution in [0.25, 0.3) is 0 Å². The van der Waals surface area contributed by atoms with Crippen LogP contribution in [0.2, 0.25) is 5.02 Å². The first-order chi connectivity index (χ1) is 14.8. The van der Waals surface area contributed by atoms with Gasteiger partial charge in [0.2, 0.25) is 0 Å². The van der Waals surface area contributed by atoms with Crippen molar-refractivity contribution >= 4 is 51.3 Å². The molecule has 3 aromatic carbocycles. The maximum Gasteiger partial charge on any atom is 0.345 e. The highest BCUT2D eigenvalue weighted by molar-refractivity contribution is 9.10. The zero-order valence-electron chi connectivity index (χ0n) is 15.6. The average Bonchev–Trinajstić information content (AvgIpc) is 2.75. The molecule has 31 heavy (non-hydrogen) atoms. The van der Waals surface area contributed by atoms with Crippen molar-refractivity contribution in [2.45, 2.75) is 0 Å². The molecule has 1 N–H and O–H groups in total. The van der Waals surface area contributed by atoms with Crippen molar-refractivity contribution in [3.63, 3.8) is 0 Å². The van der Waals surface area contributed by atoms with E-state index in [2.05, 4.69) is 26.5 Å². The highest BCUT2D eigenvalue weighted by Gasteiger charge is 2.14. The van der Waals surface area contributed by atoms with Gasteiger partial charge in [-0.25, -0.2) is 10.2 Å². The number of hydrogen-bond donors (Lipinski definition) is 1. The summed E-state index contributed by atoms with van der Waals surface area (Å²) in [5, 5.41) is 14.8. The first-order valence-corrected chi connectivity index (χ1v) is 9.86. The number of non-ortho nitro benzene ring substituents is 1. The lowest BCUT2D eigenvalue weighted by Crippen LogP contribution is -2.17. The van der Waals surface area contributed by atoms with Crippen molar-refractivity contribution in [2.24, 2.45) is 5.10 Å². The topological polar surface area (TPSA) is 111 Å². The Morgan fingerprint density at radius 3 is 2.48 bits per heavy atom. The zero-order chi connectivity index (χ0) is 22.4. The average molecular weight is 503 g/mol. The number of benzene rings is 3. The molecule has 0 saturated carbocycles. The molecular weight excluding hydrogens is 490 g/mol. The van der Waals surface area contributed by atoms with Crippen molar-refractivity contribution in [1.82, 2.24) is 5.43 Å². The van der Waals surface area contributed by atoms with E-state index in [4.69, 9.17) is 16.3 Å². The van der Waals surface area contributed by atoms with Gasteiger partial charge in [-0.15, -0.1) is 0 Å². The van der Waals surface area contributed by atoms with Crippen molar-refractivity contribution in [1.29, 1.82) is 0 Å². The summed E-state index contributed by atoms with van der Waals surface area (Å²) in [6.45, 7) is 0. The fourth-order valence-electron chi connectivity index (χ4n) is 2.45. The zero-order valence-corrected chi connectivity index (χ0v) is 18.0. The van der Waals surface area contributed by atoms with Crippen LogP contribution in [0.15, 0.2) is 76.3 Å². The van der Waals surface area contributed by atoms with Crippen LogP contribution in [-0.2, 0) is 0 Å². The first-order valence-electron chi connectivity index (χ1n) is 8.69. The van der Waals surface area contributed by atoms with Gasteiger partial charge in [-0.3, -0.25) is 14.9 Å². The number of carbonyl (C=O) groups is 2. The van der Waals surface area contributed by atoms with Crippen LogP contribution in [0.5, 0.6) is 5.75 Å². The molecule has 0 aliphatic carbocycles. The molecule has 1 amide bonds. The second kappa shape index (κ2) is 9.96. The summed E-state index contributed by atoms with van der Waals surface area (Å²) >= 11 is 9.36. The predicted molar refractivity (Wildman–Crippen MR) is 119 cm³/mol. The number of rotatable bonds is 6. The molecule has 0 bridgehead atoms. The van der Waals surface area contributed by atoms with Gasteiger partial charge in [0.1, 0.15) is 5.75 Å². The van der Waals surface area contributed by atoms with E-state index in [0.717, 1.165) is 0 Å². The van der Waals surface area contributed by atoms with E-state index in [9.17, 15) is 19.7 Å². The fraction of sp³-hybridized carbons (Fsp3) is 0. The predicted octanol–water partition coefficient (Wildman–Crippen LogP) is 4.99. The number of nitro benzene ring substituents is 1. The summed E-state index contributed by atoms with van der Waals surface area (Å²) in [5.41, 5.74) is 3.02. The van der Waals surface area contributed by atoms with Crippen LogP contribution < -0.4 is 10.2 Å². The van der Waals surface area contributed by atoms with E-state index in [1.165, 1.54) is 30.5 Å². The minimum atomic E-state index is -0.641. The van der Waals surface area contributed by atoms with Crippen molar-refractivity contribution in [3.05, 3.63) is 103 Å². The summed E-state index contributed by atoms with van der Waals surface area (Å²) in [4.78, 5) is 34.7. The normalized spacial score (nSPS) is 10.6. The van der Waals surface area contributed by atoms with E-state index in [1.54, 1.807) is 42.5 Å². The Labute approximate surface area is 189 Å². The first kappa shape index (κ1) is 22.1. The van der Waals surface area contributed by atoms with Crippen LogP contribution in [0, 0.1) is 10.1 Å². The number of nitrogens with one attached hydrogen (secondary N) is 1. The Kier molecular flexibility index (Phi) is 7.11. The van der Waals surface area contributed by atoms with Crippen molar-refractivity contribution in [2.75, 3.05) is 0 Å². The van der Waals surface area contributed by atoms with Gasteiger partial charge in [0.15, 0.2) is 0 Å². The lowest BCUT2D eigenvalue weighted by molar-refractivity contribution is -0.384. The minimum absolute atomic E-state index is 0.126. The Balaban J connectivity index is 1.73. The van der Waals surface area contributed by atoms with Crippen molar-refractivity contribution < 1.29 is 19.2 Å². The van der Waals surface area contributed by atoms with Gasteiger partial charge in [0, 0.05) is 27.7 Å². The number of esters is 1. The van der Waals surface area contributed by atoms with Gasteiger partial charge in [-0.2, -0.15) is 5.10 Å². The van der Waals surface area contributed by atoms with E-state index >= 15 is 0 Å². The Morgan fingerprint density at radius 1 is 1.10 bits per heavy atom. The molecule has 0 unspecified atom stereocenters. The van der Waals surface area contributed by atoms with Gasteiger partial charge in [-0.1, -0.05) is 39.7 Å². The summed E-state index contributed by atoms with van der Waals surface area (Å²) in [6.07, 6.45) is 1.31. The Hall–Kier alpha value is -3.56. The van der Waals surface area contributed by atoms with Crippen LogP contribution in [0.3, 0.4) is 0 Å². The third-order valence-corrected chi connectivity index (χ3v) is 4.80. The highest BCUT2D eigenvalue weighted by atomic mass is 79.9. The number of nitro groups is 1. The van der Waals surface area contributed by atoms with Crippen LogP contribution >= 0.6 is 27.5 Å². The number of nitrogens with zero attached hydrogens (tertiary/aromatic N) is 2. The van der Waals surface area contributed by atoms with Crippen LogP contribution in [-0.4, -0.2) is 23.0 Å². The molecule has 0 saturated heterocycles. The third-order valence-electron chi connectivity index (χ3n) is 3.98. The fourth-order valence-corrected chi connectivity index (χ4v) is 3.05. The van der Waals surface area contributed by atoms with E-state index in [1.807, 2.05) is 0 Å². The van der Waals surface area contributed by atoms with E-state index < -0.39 is 16.8 Å². The molecule has 0 heterocycles. The molecule has 3 aromatic rings. The molecule has 0 aliphatic rings. The van der Waals surface area contributed by atoms with Gasteiger partial charge in [0.25, 0.3) is 11.6 Å². The van der Waals surface area contributed by atoms with Gasteiger partial charge < -0.3 is 4.74 Å². The molecule has 0 radical (unpaired) electrons. The molecule has 0 aliphatic heterocycles. The molecular formula is C21H13BrClN3O5. The monoisotopic (exact) mass is 501 g/mol. The second-order valence-electron chi connectivity index (χ2n) is 6.05. The second-order valence-corrected chi connectivity index (χ2v) is 7.38. The Bertz CT molecular complexity index is 1180. The van der Waals surface area contributed by atoms with Gasteiger partial charge in [-0.05, 0) is 42.5 Å². The smallest absolute Gasteiger partial charge is 0.345 e. The molecule has 10 heteroatoms. The molecule has 0 aromatic heterocycles. The lowest BCUT2D eigenvalue weighted by atomic mass is 10.2. The third kappa shape index (κ3) is 5.74. The Morgan fingerprint density at radius 2 is 1.81 bits per heavy atom.